The van der Waals surface area contributed by atoms with E-state index in [0.717, 1.165) is 41.7 Å². The van der Waals surface area contributed by atoms with Crippen LogP contribution in [0, 0.1) is 11.8 Å². The van der Waals surface area contributed by atoms with Crippen LogP contribution in [0.2, 0.25) is 0 Å². The van der Waals surface area contributed by atoms with Crippen LogP contribution in [0.3, 0.4) is 0 Å². The second kappa shape index (κ2) is 8.37. The fourth-order valence-electron chi connectivity index (χ4n) is 4.79. The van der Waals surface area contributed by atoms with Crippen LogP contribution in [0.15, 0.2) is 40.6 Å². The number of rotatable bonds is 5. The first kappa shape index (κ1) is 19.6. The van der Waals surface area contributed by atoms with Gasteiger partial charge in [-0.15, -0.1) is 0 Å². The van der Waals surface area contributed by atoms with E-state index >= 15 is 0 Å². The zero-order chi connectivity index (χ0) is 19.7. The number of halogens is 1. The van der Waals surface area contributed by atoms with Crippen LogP contribution < -0.4 is 4.74 Å². The van der Waals surface area contributed by atoms with Gasteiger partial charge in [0, 0.05) is 30.6 Å². The molecule has 2 aromatic rings. The number of hydrogen-bond donors (Lipinski definition) is 0. The first-order valence-electron chi connectivity index (χ1n) is 9.71. The van der Waals surface area contributed by atoms with E-state index in [1.165, 1.54) is 13.3 Å². The Bertz CT molecular complexity index is 900. The van der Waals surface area contributed by atoms with Crippen molar-refractivity contribution in [3.63, 3.8) is 0 Å². The third kappa shape index (κ3) is 3.76. The zero-order valence-electron chi connectivity index (χ0n) is 16.2. The fourth-order valence-corrected chi connectivity index (χ4v) is 5.32. The molecule has 5 rings (SSSR count). The molecule has 5 nitrogen and oxygen atoms in total. The van der Waals surface area contributed by atoms with Crippen LogP contribution in [0.5, 0.6) is 5.75 Å². The van der Waals surface area contributed by atoms with Crippen molar-refractivity contribution in [3.05, 3.63) is 46.2 Å². The molecule has 3 aliphatic heterocycles. The van der Waals surface area contributed by atoms with Crippen molar-refractivity contribution in [1.82, 2.24) is 9.88 Å². The number of pyridine rings is 1. The molecule has 0 saturated carbocycles. The SMILES string of the molecule is COc1ccc2nccc([C@H](OC(C)=O)[C@H]3C[C@@H]4CCN3C[C@@H]4/C=C\I)c2c1. The molecule has 3 saturated heterocycles. The summed E-state index contributed by atoms with van der Waals surface area (Å²) in [4.78, 5) is 19.0. The molecule has 1 aromatic carbocycles. The highest BCUT2D eigenvalue weighted by Gasteiger charge is 2.44. The summed E-state index contributed by atoms with van der Waals surface area (Å²) in [5.74, 6) is 1.76. The minimum absolute atomic E-state index is 0.193. The van der Waals surface area contributed by atoms with Gasteiger partial charge in [0.1, 0.15) is 11.9 Å². The molecule has 4 heterocycles. The Balaban J connectivity index is 1.74. The molecule has 0 N–H and O–H groups in total. The molecule has 1 aromatic heterocycles. The lowest BCUT2D eigenvalue weighted by molar-refractivity contribution is -0.154. The fraction of sp³-hybridized carbons (Fsp3) is 0.455. The van der Waals surface area contributed by atoms with E-state index < -0.39 is 0 Å². The minimum Gasteiger partial charge on any atom is -0.497 e. The number of carbonyl (C=O) groups excluding carboxylic acids is 1. The summed E-state index contributed by atoms with van der Waals surface area (Å²) in [5, 5.41) is 0.986. The van der Waals surface area contributed by atoms with E-state index in [-0.39, 0.29) is 18.1 Å². The minimum atomic E-state index is -0.303. The van der Waals surface area contributed by atoms with Gasteiger partial charge in [0.15, 0.2) is 0 Å². The van der Waals surface area contributed by atoms with Gasteiger partial charge in [0.2, 0.25) is 0 Å². The van der Waals surface area contributed by atoms with Gasteiger partial charge in [-0.1, -0.05) is 28.7 Å². The first-order chi connectivity index (χ1) is 13.6. The van der Waals surface area contributed by atoms with E-state index in [2.05, 4.69) is 42.6 Å². The van der Waals surface area contributed by atoms with Crippen LogP contribution in [0.4, 0.5) is 0 Å². The van der Waals surface area contributed by atoms with Gasteiger partial charge in [-0.2, -0.15) is 0 Å². The molecule has 0 radical (unpaired) electrons. The van der Waals surface area contributed by atoms with E-state index in [0.29, 0.717) is 11.8 Å². The van der Waals surface area contributed by atoms with Crippen LogP contribution in [-0.2, 0) is 9.53 Å². The zero-order valence-corrected chi connectivity index (χ0v) is 18.3. The highest BCUT2D eigenvalue weighted by Crippen LogP contribution is 2.43. The lowest BCUT2D eigenvalue weighted by atomic mass is 9.73. The van der Waals surface area contributed by atoms with Gasteiger partial charge in [-0.3, -0.25) is 14.7 Å². The normalized spacial score (nSPS) is 27.8. The summed E-state index contributed by atoms with van der Waals surface area (Å²) in [6.07, 6.45) is 6.07. The number of ether oxygens (including phenoxy) is 2. The van der Waals surface area contributed by atoms with Crippen molar-refractivity contribution in [1.29, 1.82) is 0 Å². The molecule has 2 bridgehead atoms. The highest BCUT2D eigenvalue weighted by atomic mass is 127. The number of aromatic nitrogens is 1. The van der Waals surface area contributed by atoms with Gasteiger partial charge in [0.25, 0.3) is 0 Å². The molecule has 28 heavy (non-hydrogen) atoms. The second-order valence-electron chi connectivity index (χ2n) is 7.64. The number of nitrogens with zero attached hydrogens (tertiary/aromatic N) is 2. The standard InChI is InChI=1S/C22H25IN2O3/c1-14(26)28-22(21-11-15-7-10-25(21)13-16(15)5-8-23)18-6-9-24-20-4-3-17(27-2)12-19(18)20/h3-6,8-9,12,15-16,21-22H,7,10-11,13H2,1-2H3/b8-5-/t15-,16-,21+,22-/m0/s1. The maximum Gasteiger partial charge on any atom is 0.303 e. The van der Waals surface area contributed by atoms with E-state index in [9.17, 15) is 4.79 Å². The molecule has 0 aliphatic carbocycles. The summed E-state index contributed by atoms with van der Waals surface area (Å²) in [7, 11) is 1.66. The van der Waals surface area contributed by atoms with E-state index in [4.69, 9.17) is 9.47 Å². The maximum atomic E-state index is 12.0. The molecular weight excluding hydrogens is 467 g/mol. The molecule has 3 fully saturated rings. The van der Waals surface area contributed by atoms with Gasteiger partial charge in [-0.25, -0.2) is 0 Å². The summed E-state index contributed by atoms with van der Waals surface area (Å²) in [5.41, 5.74) is 1.90. The summed E-state index contributed by atoms with van der Waals surface area (Å²) in [6, 6.07) is 8.04. The quantitative estimate of drug-likeness (QED) is 0.455. The second-order valence-corrected chi connectivity index (χ2v) is 8.36. The average molecular weight is 492 g/mol. The number of fused-ring (bicyclic) bond motifs is 4. The molecule has 148 valence electrons. The van der Waals surface area contributed by atoms with Crippen molar-refractivity contribution in [2.75, 3.05) is 20.2 Å². The number of esters is 1. The summed E-state index contributed by atoms with van der Waals surface area (Å²) < 4.78 is 13.5. The highest BCUT2D eigenvalue weighted by molar-refractivity contribution is 14.1. The summed E-state index contributed by atoms with van der Waals surface area (Å²) >= 11 is 2.30. The van der Waals surface area contributed by atoms with Crippen molar-refractivity contribution in [2.45, 2.75) is 31.9 Å². The summed E-state index contributed by atoms with van der Waals surface area (Å²) in [6.45, 7) is 3.58. The lowest BCUT2D eigenvalue weighted by Crippen LogP contribution is -2.55. The van der Waals surface area contributed by atoms with Crippen molar-refractivity contribution in [3.8, 4) is 5.75 Å². The van der Waals surface area contributed by atoms with E-state index in [1.807, 2.05) is 24.3 Å². The Hall–Kier alpha value is -1.67. The van der Waals surface area contributed by atoms with Gasteiger partial charge in [0.05, 0.1) is 18.7 Å². The van der Waals surface area contributed by atoms with Gasteiger partial charge < -0.3 is 9.47 Å². The third-order valence-corrected chi connectivity index (χ3v) is 6.52. The number of piperidine rings is 3. The number of benzene rings is 1. The Morgan fingerprint density at radius 2 is 2.25 bits per heavy atom. The average Bonchev–Trinajstić information content (AvgIpc) is 2.72. The predicted molar refractivity (Wildman–Crippen MR) is 118 cm³/mol. The Kier molecular flexibility index (Phi) is 5.87. The molecule has 0 amide bonds. The van der Waals surface area contributed by atoms with Crippen LogP contribution in [0.1, 0.15) is 31.4 Å². The molecule has 1 unspecified atom stereocenters. The molecular formula is C22H25IN2O3. The smallest absolute Gasteiger partial charge is 0.303 e. The molecule has 3 aliphatic rings. The maximum absolute atomic E-state index is 12.0. The monoisotopic (exact) mass is 492 g/mol. The molecule has 0 spiro atoms. The van der Waals surface area contributed by atoms with Crippen LogP contribution in [0.25, 0.3) is 10.9 Å². The van der Waals surface area contributed by atoms with Crippen molar-refractivity contribution in [2.24, 2.45) is 11.8 Å². The van der Waals surface area contributed by atoms with Crippen molar-refractivity contribution < 1.29 is 14.3 Å². The van der Waals surface area contributed by atoms with Gasteiger partial charge >= 0.3 is 5.97 Å². The Morgan fingerprint density at radius 3 is 2.93 bits per heavy atom. The lowest BCUT2D eigenvalue weighted by Gasteiger charge is -2.51. The Morgan fingerprint density at radius 1 is 1.39 bits per heavy atom. The van der Waals surface area contributed by atoms with Crippen molar-refractivity contribution >= 4 is 39.5 Å². The first-order valence-corrected chi connectivity index (χ1v) is 11.0. The van der Waals surface area contributed by atoms with Crippen LogP contribution >= 0.6 is 22.6 Å². The largest absolute Gasteiger partial charge is 0.497 e. The molecule has 6 heteroatoms. The van der Waals surface area contributed by atoms with Gasteiger partial charge in [-0.05, 0) is 59.6 Å². The van der Waals surface area contributed by atoms with Crippen LogP contribution in [-0.4, -0.2) is 42.1 Å². The topological polar surface area (TPSA) is 51.7 Å². The molecule has 5 atom stereocenters. The van der Waals surface area contributed by atoms with E-state index in [1.54, 1.807) is 13.3 Å². The number of methoxy groups -OCH3 is 1. The number of hydrogen-bond acceptors (Lipinski definition) is 5. The Labute approximate surface area is 179 Å². The number of carbonyl (C=O) groups is 1. The predicted octanol–water partition coefficient (Wildman–Crippen LogP) is 4.51. The third-order valence-electron chi connectivity index (χ3n) is 6.10.